The molecule has 128 valence electrons. The van der Waals surface area contributed by atoms with Crippen LogP contribution in [0.3, 0.4) is 0 Å². The Labute approximate surface area is 134 Å². The highest BCUT2D eigenvalue weighted by Gasteiger charge is 2.29. The molecule has 0 aromatic heterocycles. The second-order valence-corrected chi connectivity index (χ2v) is 9.39. The van der Waals surface area contributed by atoms with Crippen molar-refractivity contribution in [2.75, 3.05) is 31.1 Å². The van der Waals surface area contributed by atoms with Crippen molar-refractivity contribution in [2.24, 2.45) is 11.7 Å². The predicted molar refractivity (Wildman–Crippen MR) is 86.4 cm³/mol. The Morgan fingerprint density at radius 3 is 2.19 bits per heavy atom. The summed E-state index contributed by atoms with van der Waals surface area (Å²) in [5.41, 5.74) is 5.82. The van der Waals surface area contributed by atoms with Crippen LogP contribution in [0.4, 0.5) is 0 Å². The highest BCUT2D eigenvalue weighted by Crippen LogP contribution is 2.21. The number of nitrogens with two attached hydrogens (primary N) is 1. The molecule has 1 aliphatic rings. The summed E-state index contributed by atoms with van der Waals surface area (Å²) in [6.07, 6.45) is 1.52. The minimum Gasteiger partial charge on any atom is -0.328 e. The predicted octanol–water partition coefficient (Wildman–Crippen LogP) is -0.263. The summed E-state index contributed by atoms with van der Waals surface area (Å²) in [4.78, 5) is 0. The van der Waals surface area contributed by atoms with Gasteiger partial charge in [0.2, 0.25) is 20.0 Å². The van der Waals surface area contributed by atoms with Crippen molar-refractivity contribution in [3.8, 4) is 0 Å². The Bertz CT molecular complexity index is 500. The van der Waals surface area contributed by atoms with Crippen LogP contribution in [-0.4, -0.2) is 58.3 Å². The van der Waals surface area contributed by atoms with Crippen LogP contribution in [0.5, 0.6) is 0 Å². The average molecular weight is 364 g/mol. The van der Waals surface area contributed by atoms with E-state index in [-0.39, 0.29) is 36.5 Å². The summed E-state index contributed by atoms with van der Waals surface area (Å²) in [6, 6.07) is 0.0798. The Morgan fingerprint density at radius 2 is 1.76 bits per heavy atom. The van der Waals surface area contributed by atoms with Crippen molar-refractivity contribution >= 4 is 32.5 Å². The first-order valence-electron chi connectivity index (χ1n) is 6.88. The average Bonchev–Trinajstić information content (AvgIpc) is 2.38. The molecule has 1 aliphatic heterocycles. The number of hydrogen-bond donors (Lipinski definition) is 2. The lowest BCUT2D eigenvalue weighted by atomic mass is 9.92. The van der Waals surface area contributed by atoms with Crippen LogP contribution in [0.1, 0.15) is 26.7 Å². The molecule has 7 nitrogen and oxygen atoms in total. The van der Waals surface area contributed by atoms with Gasteiger partial charge in [0.15, 0.2) is 0 Å². The highest BCUT2D eigenvalue weighted by molar-refractivity contribution is 7.90. The lowest BCUT2D eigenvalue weighted by Crippen LogP contribution is -2.44. The fraction of sp³-hybridized carbons (Fsp3) is 1.00. The van der Waals surface area contributed by atoms with Gasteiger partial charge in [0.05, 0.1) is 11.5 Å². The molecular weight excluding hydrogens is 338 g/mol. The maximum absolute atomic E-state index is 12.1. The van der Waals surface area contributed by atoms with Crippen molar-refractivity contribution in [1.82, 2.24) is 9.03 Å². The second-order valence-electron chi connectivity index (χ2n) is 5.21. The van der Waals surface area contributed by atoms with E-state index >= 15 is 0 Å². The van der Waals surface area contributed by atoms with Crippen LogP contribution in [0.2, 0.25) is 0 Å². The van der Waals surface area contributed by atoms with Gasteiger partial charge < -0.3 is 5.73 Å². The van der Waals surface area contributed by atoms with Crippen LogP contribution >= 0.6 is 12.4 Å². The van der Waals surface area contributed by atoms with E-state index in [0.717, 1.165) is 12.8 Å². The summed E-state index contributed by atoms with van der Waals surface area (Å²) >= 11 is 0. The van der Waals surface area contributed by atoms with Gasteiger partial charge in [-0.1, -0.05) is 0 Å². The fourth-order valence-electron chi connectivity index (χ4n) is 2.24. The zero-order chi connectivity index (χ0) is 15.4. The number of piperidine rings is 1. The van der Waals surface area contributed by atoms with E-state index in [1.165, 1.54) is 11.2 Å². The van der Waals surface area contributed by atoms with Crippen molar-refractivity contribution in [3.63, 3.8) is 0 Å². The molecule has 0 radical (unpaired) electrons. The van der Waals surface area contributed by atoms with E-state index in [2.05, 4.69) is 4.72 Å². The zero-order valence-electron chi connectivity index (χ0n) is 12.5. The second kappa shape index (κ2) is 8.64. The number of halogens is 1. The minimum atomic E-state index is -3.40. The van der Waals surface area contributed by atoms with Crippen LogP contribution in [0.25, 0.3) is 0 Å². The van der Waals surface area contributed by atoms with Crippen molar-refractivity contribution in [1.29, 1.82) is 0 Å². The van der Waals surface area contributed by atoms with Gasteiger partial charge in [-0.25, -0.2) is 25.9 Å². The molecular formula is C11H26ClN3O4S2. The van der Waals surface area contributed by atoms with E-state index in [0.29, 0.717) is 19.0 Å². The molecule has 1 unspecified atom stereocenters. The van der Waals surface area contributed by atoms with Gasteiger partial charge in [-0.05, 0) is 32.6 Å². The summed E-state index contributed by atoms with van der Waals surface area (Å²) in [6.45, 7) is 4.31. The van der Waals surface area contributed by atoms with Gasteiger partial charge in [-0.15, -0.1) is 12.4 Å². The molecule has 0 aromatic carbocycles. The number of sulfonamides is 2. The molecule has 0 saturated carbocycles. The first-order valence-corrected chi connectivity index (χ1v) is 10.1. The van der Waals surface area contributed by atoms with Crippen LogP contribution in [0.15, 0.2) is 0 Å². The topological polar surface area (TPSA) is 110 Å². The smallest absolute Gasteiger partial charge is 0.215 e. The van der Waals surface area contributed by atoms with Crippen LogP contribution in [0, 0.1) is 5.92 Å². The third-order valence-electron chi connectivity index (χ3n) is 3.70. The van der Waals surface area contributed by atoms with Crippen molar-refractivity contribution < 1.29 is 16.8 Å². The molecule has 0 aliphatic carbocycles. The summed E-state index contributed by atoms with van der Waals surface area (Å²) in [5.74, 6) is 0.113. The summed E-state index contributed by atoms with van der Waals surface area (Å²) in [5, 5.41) is 0. The summed E-state index contributed by atoms with van der Waals surface area (Å²) in [7, 11) is -6.74. The van der Waals surface area contributed by atoms with Crippen LogP contribution < -0.4 is 10.5 Å². The van der Waals surface area contributed by atoms with E-state index < -0.39 is 20.0 Å². The molecule has 0 amide bonds. The fourth-order valence-corrected chi connectivity index (χ4v) is 4.37. The van der Waals surface area contributed by atoms with E-state index in [1.807, 2.05) is 6.92 Å². The van der Waals surface area contributed by atoms with Gasteiger partial charge in [0.25, 0.3) is 0 Å². The molecule has 0 spiro atoms. The molecule has 1 saturated heterocycles. The van der Waals surface area contributed by atoms with Gasteiger partial charge in [0, 0.05) is 25.7 Å². The molecule has 0 bridgehead atoms. The van der Waals surface area contributed by atoms with E-state index in [1.54, 1.807) is 0 Å². The van der Waals surface area contributed by atoms with Gasteiger partial charge in [-0.2, -0.15) is 0 Å². The third-order valence-corrected chi connectivity index (χ3v) is 6.97. The molecule has 0 aromatic rings. The molecule has 1 fully saturated rings. The van der Waals surface area contributed by atoms with E-state index in [4.69, 9.17) is 5.73 Å². The van der Waals surface area contributed by atoms with Crippen molar-refractivity contribution in [3.05, 3.63) is 0 Å². The highest BCUT2D eigenvalue weighted by atomic mass is 35.5. The molecule has 1 atom stereocenters. The lowest BCUT2D eigenvalue weighted by molar-refractivity contribution is 0.251. The quantitative estimate of drug-likeness (QED) is 0.647. The van der Waals surface area contributed by atoms with Gasteiger partial charge >= 0.3 is 0 Å². The van der Waals surface area contributed by atoms with Gasteiger partial charge in [0.1, 0.15) is 0 Å². The van der Waals surface area contributed by atoms with Crippen LogP contribution in [-0.2, 0) is 20.0 Å². The molecule has 3 N–H and O–H groups in total. The van der Waals surface area contributed by atoms with Crippen molar-refractivity contribution in [2.45, 2.75) is 32.7 Å². The molecule has 1 heterocycles. The Morgan fingerprint density at radius 1 is 1.24 bits per heavy atom. The lowest BCUT2D eigenvalue weighted by Gasteiger charge is -2.32. The number of nitrogens with zero attached hydrogens (tertiary/aromatic N) is 1. The normalized spacial score (nSPS) is 20.0. The Balaban J connectivity index is 0.00000400. The Kier molecular flexibility index (Phi) is 8.67. The third kappa shape index (κ3) is 6.79. The monoisotopic (exact) mass is 363 g/mol. The van der Waals surface area contributed by atoms with E-state index in [9.17, 15) is 16.8 Å². The number of rotatable bonds is 7. The SMILES string of the molecule is CCS(=O)(=O)NCCS(=O)(=O)N1CCC(C(C)N)CC1.Cl. The maximum Gasteiger partial charge on any atom is 0.215 e. The first kappa shape index (κ1) is 21.1. The maximum atomic E-state index is 12.1. The number of nitrogens with one attached hydrogen (secondary N) is 1. The zero-order valence-corrected chi connectivity index (χ0v) is 14.9. The number of hydrogen-bond acceptors (Lipinski definition) is 5. The Hall–Kier alpha value is 0.0700. The molecule has 1 rings (SSSR count). The summed E-state index contributed by atoms with van der Waals surface area (Å²) < 4.78 is 50.4. The molecule has 10 heteroatoms. The van der Waals surface area contributed by atoms with Gasteiger partial charge in [-0.3, -0.25) is 0 Å². The standard InChI is InChI=1S/C11H25N3O4S2.ClH/c1-3-19(15,16)13-6-9-20(17,18)14-7-4-11(5-8-14)10(2)12;/h10-11,13H,3-9,12H2,1-2H3;1H. The minimum absolute atomic E-state index is 0. The first-order chi connectivity index (χ1) is 9.18. The molecule has 21 heavy (non-hydrogen) atoms. The largest absolute Gasteiger partial charge is 0.328 e.